The molecule has 0 saturated carbocycles. The second kappa shape index (κ2) is 15.9. The third kappa shape index (κ3) is 7.08. The fraction of sp³-hybridized carbons (Fsp3) is 0.100. The molecular formula is C60H50N2. The van der Waals surface area contributed by atoms with Crippen LogP contribution in [0.1, 0.15) is 33.4 Å². The van der Waals surface area contributed by atoms with Gasteiger partial charge in [-0.1, -0.05) is 131 Å². The van der Waals surface area contributed by atoms with E-state index in [9.17, 15) is 0 Å². The number of hydrogen-bond acceptors (Lipinski definition) is 2. The summed E-state index contributed by atoms with van der Waals surface area (Å²) in [4.78, 5) is 4.79. The van der Waals surface area contributed by atoms with Crippen LogP contribution in [0.3, 0.4) is 0 Å². The number of nitrogens with zero attached hydrogens (tertiary/aromatic N) is 2. The van der Waals surface area contributed by atoms with E-state index in [-0.39, 0.29) is 0 Å². The molecule has 2 heteroatoms. The number of fused-ring (bicyclic) bond motifs is 5. The van der Waals surface area contributed by atoms with Crippen LogP contribution in [0.15, 0.2) is 194 Å². The van der Waals surface area contributed by atoms with Gasteiger partial charge in [-0.2, -0.15) is 0 Å². The summed E-state index contributed by atoms with van der Waals surface area (Å²) in [6.45, 7) is 13.1. The van der Waals surface area contributed by atoms with Crippen LogP contribution in [0.5, 0.6) is 0 Å². The first-order chi connectivity index (χ1) is 30.2. The van der Waals surface area contributed by atoms with Gasteiger partial charge in [-0.3, -0.25) is 0 Å². The van der Waals surface area contributed by atoms with E-state index in [2.05, 4.69) is 245 Å². The van der Waals surface area contributed by atoms with E-state index < -0.39 is 0 Å². The third-order valence-electron chi connectivity index (χ3n) is 12.6. The Hall–Kier alpha value is -7.42. The number of hydrogen-bond donors (Lipinski definition) is 0. The van der Waals surface area contributed by atoms with Gasteiger partial charge in [-0.25, -0.2) is 0 Å². The van der Waals surface area contributed by atoms with E-state index >= 15 is 0 Å². The van der Waals surface area contributed by atoms with Crippen LogP contribution in [0.25, 0.3) is 54.6 Å². The molecule has 0 saturated heterocycles. The lowest BCUT2D eigenvalue weighted by Crippen LogP contribution is -2.10. The molecule has 10 rings (SSSR count). The maximum atomic E-state index is 2.47. The van der Waals surface area contributed by atoms with Gasteiger partial charge in [0.15, 0.2) is 0 Å². The van der Waals surface area contributed by atoms with E-state index in [4.69, 9.17) is 0 Å². The van der Waals surface area contributed by atoms with Crippen LogP contribution >= 0.6 is 0 Å². The number of aryl methyl sites for hydroxylation is 6. The average Bonchev–Trinajstić information content (AvgIpc) is 3.29. The van der Waals surface area contributed by atoms with Gasteiger partial charge in [-0.05, 0) is 192 Å². The summed E-state index contributed by atoms with van der Waals surface area (Å²) >= 11 is 0. The Balaban J connectivity index is 1.33. The van der Waals surface area contributed by atoms with Crippen molar-refractivity contribution < 1.29 is 0 Å². The summed E-state index contributed by atoms with van der Waals surface area (Å²) in [7, 11) is 0. The Kier molecular flexibility index (Phi) is 9.93. The first-order valence-corrected chi connectivity index (χ1v) is 21.7. The number of rotatable bonds is 8. The van der Waals surface area contributed by atoms with Gasteiger partial charge in [-0.15, -0.1) is 0 Å². The highest BCUT2D eigenvalue weighted by Crippen LogP contribution is 2.47. The summed E-state index contributed by atoms with van der Waals surface area (Å²) in [6.07, 6.45) is 0. The fourth-order valence-corrected chi connectivity index (χ4v) is 9.17. The molecule has 0 fully saturated rings. The smallest absolute Gasteiger partial charge is 0.0468 e. The monoisotopic (exact) mass is 798 g/mol. The lowest BCUT2D eigenvalue weighted by atomic mass is 9.86. The van der Waals surface area contributed by atoms with Crippen molar-refractivity contribution in [1.29, 1.82) is 0 Å². The Labute approximate surface area is 366 Å². The molecule has 0 aliphatic carbocycles. The van der Waals surface area contributed by atoms with Gasteiger partial charge in [0.25, 0.3) is 0 Å². The Morgan fingerprint density at radius 3 is 0.806 bits per heavy atom. The summed E-state index contributed by atoms with van der Waals surface area (Å²) in [5.74, 6) is 0. The van der Waals surface area contributed by atoms with Crippen LogP contribution in [0.4, 0.5) is 34.1 Å². The molecule has 0 N–H and O–H groups in total. The molecule has 10 aromatic carbocycles. The standard InChI is InChI=1S/C60H50N2/c1-39-15-23-45(24-16-39)61(46-25-17-40(2)18-26-46)49-31-33-53-55(35-49)59-37-58(52-14-10-8-12-44(52)6)54-34-32-50(36-56(54)60(59)38-57(53)51-13-9-7-11-43(51)5)62(47-27-19-41(3)20-28-47)48-29-21-42(4)22-30-48/h7-38H,1-6H3. The molecule has 62 heavy (non-hydrogen) atoms. The predicted molar refractivity (Wildman–Crippen MR) is 268 cm³/mol. The zero-order chi connectivity index (χ0) is 42.5. The molecule has 0 aromatic heterocycles. The van der Waals surface area contributed by atoms with Gasteiger partial charge in [0.1, 0.15) is 0 Å². The minimum Gasteiger partial charge on any atom is -0.310 e. The molecule has 0 unspecified atom stereocenters. The summed E-state index contributed by atoms with van der Waals surface area (Å²) < 4.78 is 0. The summed E-state index contributed by atoms with van der Waals surface area (Å²) in [5, 5.41) is 7.36. The third-order valence-corrected chi connectivity index (χ3v) is 12.6. The topological polar surface area (TPSA) is 6.48 Å². The SMILES string of the molecule is Cc1ccc(N(c2ccc(C)cc2)c2ccc3c(-c4ccccc4C)cc4c5cc(N(c6ccc(C)cc6)c6ccc(C)cc6)ccc5c(-c5ccccc5C)cc4c3c2)cc1. The minimum absolute atomic E-state index is 1.12. The lowest BCUT2D eigenvalue weighted by Gasteiger charge is -2.27. The second-order valence-electron chi connectivity index (χ2n) is 17.0. The fourth-order valence-electron chi connectivity index (χ4n) is 9.17. The van der Waals surface area contributed by atoms with Crippen LogP contribution < -0.4 is 9.80 Å². The highest BCUT2D eigenvalue weighted by Gasteiger charge is 2.21. The normalized spacial score (nSPS) is 11.4. The van der Waals surface area contributed by atoms with Crippen LogP contribution in [-0.2, 0) is 0 Å². The molecular weight excluding hydrogens is 749 g/mol. The van der Waals surface area contributed by atoms with Gasteiger partial charge < -0.3 is 9.80 Å². The maximum absolute atomic E-state index is 2.47. The quantitative estimate of drug-likeness (QED) is 0.141. The van der Waals surface area contributed by atoms with Crippen molar-refractivity contribution in [1.82, 2.24) is 0 Å². The Bertz CT molecular complexity index is 2950. The van der Waals surface area contributed by atoms with Crippen molar-refractivity contribution in [2.75, 3.05) is 9.80 Å². The zero-order valence-corrected chi connectivity index (χ0v) is 36.4. The minimum atomic E-state index is 1.12. The van der Waals surface area contributed by atoms with Gasteiger partial charge in [0, 0.05) is 34.1 Å². The highest BCUT2D eigenvalue weighted by molar-refractivity contribution is 6.25. The van der Waals surface area contributed by atoms with Crippen molar-refractivity contribution in [3.63, 3.8) is 0 Å². The molecule has 0 bridgehead atoms. The van der Waals surface area contributed by atoms with Crippen LogP contribution in [0.2, 0.25) is 0 Å². The highest BCUT2D eigenvalue weighted by atomic mass is 15.1. The molecule has 0 atom stereocenters. The summed E-state index contributed by atoms with van der Waals surface area (Å²) in [5.41, 5.74) is 19.2. The van der Waals surface area contributed by atoms with Crippen molar-refractivity contribution in [2.45, 2.75) is 41.5 Å². The molecule has 0 aliphatic heterocycles. The second-order valence-corrected chi connectivity index (χ2v) is 17.0. The van der Waals surface area contributed by atoms with Crippen molar-refractivity contribution in [2.24, 2.45) is 0 Å². The molecule has 0 aliphatic rings. The van der Waals surface area contributed by atoms with E-state index in [1.807, 2.05) is 0 Å². The molecule has 0 spiro atoms. The first-order valence-electron chi connectivity index (χ1n) is 21.7. The molecule has 2 nitrogen and oxygen atoms in total. The molecule has 10 aromatic rings. The maximum Gasteiger partial charge on any atom is 0.0468 e. The van der Waals surface area contributed by atoms with Crippen molar-refractivity contribution in [3.05, 3.63) is 228 Å². The van der Waals surface area contributed by atoms with Gasteiger partial charge in [0.05, 0.1) is 0 Å². The molecule has 0 heterocycles. The lowest BCUT2D eigenvalue weighted by molar-refractivity contribution is 1.27. The summed E-state index contributed by atoms with van der Waals surface area (Å²) in [6, 6.07) is 72.3. The van der Waals surface area contributed by atoms with Crippen LogP contribution in [-0.4, -0.2) is 0 Å². The number of anilines is 6. The van der Waals surface area contributed by atoms with E-state index in [1.54, 1.807) is 0 Å². The zero-order valence-electron chi connectivity index (χ0n) is 36.4. The largest absolute Gasteiger partial charge is 0.310 e. The van der Waals surface area contributed by atoms with E-state index in [0.29, 0.717) is 0 Å². The number of benzene rings is 10. The van der Waals surface area contributed by atoms with Crippen LogP contribution in [0, 0.1) is 41.5 Å². The van der Waals surface area contributed by atoms with E-state index in [0.717, 1.165) is 34.1 Å². The predicted octanol–water partition coefficient (Wildman–Crippen LogP) is 17.3. The van der Waals surface area contributed by atoms with Crippen molar-refractivity contribution >= 4 is 66.4 Å². The molecule has 300 valence electrons. The van der Waals surface area contributed by atoms with E-state index in [1.165, 1.54) is 88.0 Å². The van der Waals surface area contributed by atoms with Gasteiger partial charge in [0.2, 0.25) is 0 Å². The van der Waals surface area contributed by atoms with Gasteiger partial charge >= 0.3 is 0 Å². The molecule has 0 amide bonds. The molecule has 0 radical (unpaired) electrons. The Morgan fingerprint density at radius 1 is 0.226 bits per heavy atom. The average molecular weight is 799 g/mol. The first kappa shape index (κ1) is 38.8. The Morgan fingerprint density at radius 2 is 0.500 bits per heavy atom. The van der Waals surface area contributed by atoms with Crippen molar-refractivity contribution in [3.8, 4) is 22.3 Å².